The van der Waals surface area contributed by atoms with Gasteiger partial charge in [0, 0.05) is 28.8 Å². The van der Waals surface area contributed by atoms with Gasteiger partial charge in [0.25, 0.3) is 15.9 Å². The molecule has 0 saturated carbocycles. The molecule has 1 amide bonds. The van der Waals surface area contributed by atoms with Crippen LogP contribution in [0.25, 0.3) is 0 Å². The zero-order valence-electron chi connectivity index (χ0n) is 13.8. The standard InChI is InChI=1S/C18H19BrN2O3S/c1-13-7-8-16(12-17(13)18(22)21-9-2-3-10-21)25(23,24)20-15-6-4-5-14(19)11-15/h4-8,11-12,20H,2-3,9-10H2,1H3. The zero-order valence-corrected chi connectivity index (χ0v) is 16.2. The lowest BCUT2D eigenvalue weighted by Crippen LogP contribution is -2.28. The van der Waals surface area contributed by atoms with Crippen LogP contribution >= 0.6 is 15.9 Å². The van der Waals surface area contributed by atoms with E-state index in [1.54, 1.807) is 29.2 Å². The van der Waals surface area contributed by atoms with E-state index in [2.05, 4.69) is 20.7 Å². The highest BCUT2D eigenvalue weighted by atomic mass is 79.9. The summed E-state index contributed by atoms with van der Waals surface area (Å²) in [5.74, 6) is -0.102. The van der Waals surface area contributed by atoms with Crippen LogP contribution in [-0.4, -0.2) is 32.3 Å². The molecule has 2 aromatic rings. The van der Waals surface area contributed by atoms with E-state index in [-0.39, 0.29) is 10.8 Å². The van der Waals surface area contributed by atoms with Crippen LogP contribution in [0.2, 0.25) is 0 Å². The molecule has 25 heavy (non-hydrogen) atoms. The molecule has 1 fully saturated rings. The molecule has 0 bridgehead atoms. The summed E-state index contributed by atoms with van der Waals surface area (Å²) in [6.45, 7) is 3.28. The molecule has 0 aliphatic carbocycles. The number of likely N-dealkylation sites (tertiary alicyclic amines) is 1. The number of sulfonamides is 1. The average Bonchev–Trinajstić information content (AvgIpc) is 3.08. The summed E-state index contributed by atoms with van der Waals surface area (Å²) in [6, 6.07) is 11.6. The van der Waals surface area contributed by atoms with Gasteiger partial charge in [-0.1, -0.05) is 28.1 Å². The molecule has 1 N–H and O–H groups in total. The van der Waals surface area contributed by atoms with Crippen LogP contribution in [0.1, 0.15) is 28.8 Å². The quantitative estimate of drug-likeness (QED) is 0.814. The van der Waals surface area contributed by atoms with Crippen LogP contribution in [0.3, 0.4) is 0 Å². The largest absolute Gasteiger partial charge is 0.339 e. The summed E-state index contributed by atoms with van der Waals surface area (Å²) < 4.78 is 28.7. The lowest BCUT2D eigenvalue weighted by Gasteiger charge is -2.17. The number of hydrogen-bond donors (Lipinski definition) is 1. The molecular formula is C18H19BrN2O3S. The molecule has 0 atom stereocenters. The van der Waals surface area contributed by atoms with Crippen molar-refractivity contribution in [1.82, 2.24) is 4.90 Å². The van der Waals surface area contributed by atoms with Crippen LogP contribution < -0.4 is 4.72 Å². The number of benzene rings is 2. The van der Waals surface area contributed by atoms with Crippen molar-refractivity contribution >= 4 is 37.5 Å². The molecule has 5 nitrogen and oxygen atoms in total. The number of nitrogens with zero attached hydrogens (tertiary/aromatic N) is 1. The Morgan fingerprint density at radius 2 is 1.84 bits per heavy atom. The summed E-state index contributed by atoms with van der Waals surface area (Å²) in [6.07, 6.45) is 1.99. The lowest BCUT2D eigenvalue weighted by molar-refractivity contribution is 0.0792. The molecule has 132 valence electrons. The van der Waals surface area contributed by atoms with Gasteiger partial charge in [-0.15, -0.1) is 0 Å². The Morgan fingerprint density at radius 3 is 2.52 bits per heavy atom. The van der Waals surface area contributed by atoms with E-state index in [4.69, 9.17) is 0 Å². The number of carbonyl (C=O) groups excluding carboxylic acids is 1. The number of rotatable bonds is 4. The highest BCUT2D eigenvalue weighted by Gasteiger charge is 2.23. The van der Waals surface area contributed by atoms with Crippen LogP contribution in [0.5, 0.6) is 0 Å². The van der Waals surface area contributed by atoms with E-state index < -0.39 is 10.0 Å². The van der Waals surface area contributed by atoms with E-state index in [9.17, 15) is 13.2 Å². The van der Waals surface area contributed by atoms with Gasteiger partial charge in [-0.05, 0) is 55.7 Å². The summed E-state index contributed by atoms with van der Waals surface area (Å²) in [4.78, 5) is 14.5. The maximum Gasteiger partial charge on any atom is 0.261 e. The van der Waals surface area contributed by atoms with Crippen molar-refractivity contribution < 1.29 is 13.2 Å². The fourth-order valence-corrected chi connectivity index (χ4v) is 4.33. The van der Waals surface area contributed by atoms with Gasteiger partial charge in [0.15, 0.2) is 0 Å². The summed E-state index contributed by atoms with van der Waals surface area (Å²) in [5.41, 5.74) is 1.68. The van der Waals surface area contributed by atoms with Gasteiger partial charge >= 0.3 is 0 Å². The Bertz CT molecular complexity index is 906. The smallest absolute Gasteiger partial charge is 0.261 e. The molecule has 0 unspecified atom stereocenters. The molecule has 1 saturated heterocycles. The second kappa shape index (κ2) is 7.17. The van der Waals surface area contributed by atoms with Crippen molar-refractivity contribution in [2.45, 2.75) is 24.7 Å². The third-order valence-corrected chi connectivity index (χ3v) is 6.09. The number of anilines is 1. The minimum atomic E-state index is -3.77. The monoisotopic (exact) mass is 422 g/mol. The van der Waals surface area contributed by atoms with Crippen molar-refractivity contribution in [2.75, 3.05) is 17.8 Å². The molecule has 1 heterocycles. The van der Waals surface area contributed by atoms with Gasteiger partial charge < -0.3 is 4.90 Å². The van der Waals surface area contributed by atoms with Gasteiger partial charge in [0.05, 0.1) is 4.90 Å². The first-order valence-corrected chi connectivity index (χ1v) is 10.3. The molecule has 3 rings (SSSR count). The Kier molecular flexibility index (Phi) is 5.15. The molecule has 7 heteroatoms. The minimum absolute atomic E-state index is 0.0839. The lowest BCUT2D eigenvalue weighted by atomic mass is 10.1. The zero-order chi connectivity index (χ0) is 18.0. The molecule has 0 radical (unpaired) electrons. The second-order valence-corrected chi connectivity index (χ2v) is 8.69. The van der Waals surface area contributed by atoms with Crippen molar-refractivity contribution in [2.24, 2.45) is 0 Å². The van der Waals surface area contributed by atoms with Crippen LogP contribution in [0, 0.1) is 6.92 Å². The van der Waals surface area contributed by atoms with Crippen molar-refractivity contribution in [3.63, 3.8) is 0 Å². The average molecular weight is 423 g/mol. The number of nitrogens with one attached hydrogen (secondary N) is 1. The number of halogens is 1. The first kappa shape index (κ1) is 17.9. The Labute approximate surface area is 156 Å². The van der Waals surface area contributed by atoms with Crippen molar-refractivity contribution in [3.8, 4) is 0 Å². The van der Waals surface area contributed by atoms with E-state index >= 15 is 0 Å². The third kappa shape index (κ3) is 4.04. The van der Waals surface area contributed by atoms with Crippen LogP contribution in [-0.2, 0) is 10.0 Å². The highest BCUT2D eigenvalue weighted by molar-refractivity contribution is 9.10. The molecule has 0 aromatic heterocycles. The van der Waals surface area contributed by atoms with Crippen LogP contribution in [0.15, 0.2) is 51.8 Å². The topological polar surface area (TPSA) is 66.5 Å². The Morgan fingerprint density at radius 1 is 1.12 bits per heavy atom. The van der Waals surface area contributed by atoms with E-state index in [1.165, 1.54) is 12.1 Å². The fraction of sp³-hybridized carbons (Fsp3) is 0.278. The second-order valence-electron chi connectivity index (χ2n) is 6.09. The first-order valence-electron chi connectivity index (χ1n) is 8.05. The fourth-order valence-electron chi connectivity index (χ4n) is 2.86. The molecule has 1 aliphatic rings. The first-order chi connectivity index (χ1) is 11.9. The molecule has 0 spiro atoms. The van der Waals surface area contributed by atoms with Gasteiger partial charge in [0.1, 0.15) is 0 Å². The predicted octanol–water partition coefficient (Wildman–Crippen LogP) is 3.79. The molecular weight excluding hydrogens is 404 g/mol. The Hall–Kier alpha value is -1.86. The number of carbonyl (C=O) groups is 1. The summed E-state index contributed by atoms with van der Waals surface area (Å²) in [5, 5.41) is 0. The van der Waals surface area contributed by atoms with E-state index in [0.717, 1.165) is 36.0 Å². The number of amides is 1. The van der Waals surface area contributed by atoms with Gasteiger partial charge in [0.2, 0.25) is 0 Å². The molecule has 1 aliphatic heterocycles. The predicted molar refractivity (Wildman–Crippen MR) is 101 cm³/mol. The number of hydrogen-bond acceptors (Lipinski definition) is 3. The van der Waals surface area contributed by atoms with Gasteiger partial charge in [-0.3, -0.25) is 9.52 Å². The van der Waals surface area contributed by atoms with E-state index in [1.807, 2.05) is 13.0 Å². The summed E-state index contributed by atoms with van der Waals surface area (Å²) in [7, 11) is -3.77. The maximum atomic E-state index is 12.7. The third-order valence-electron chi connectivity index (χ3n) is 4.22. The van der Waals surface area contributed by atoms with E-state index in [0.29, 0.717) is 11.3 Å². The minimum Gasteiger partial charge on any atom is -0.339 e. The van der Waals surface area contributed by atoms with Crippen molar-refractivity contribution in [1.29, 1.82) is 0 Å². The highest BCUT2D eigenvalue weighted by Crippen LogP contribution is 2.23. The summed E-state index contributed by atoms with van der Waals surface area (Å²) >= 11 is 3.32. The van der Waals surface area contributed by atoms with Crippen LogP contribution in [0.4, 0.5) is 5.69 Å². The van der Waals surface area contributed by atoms with Gasteiger partial charge in [-0.2, -0.15) is 0 Å². The Balaban J connectivity index is 1.91. The van der Waals surface area contributed by atoms with Crippen molar-refractivity contribution in [3.05, 3.63) is 58.1 Å². The normalized spacial score (nSPS) is 14.6. The molecule has 2 aromatic carbocycles. The number of aryl methyl sites for hydroxylation is 1. The maximum absolute atomic E-state index is 12.7. The van der Waals surface area contributed by atoms with Gasteiger partial charge in [-0.25, -0.2) is 8.42 Å². The SMILES string of the molecule is Cc1ccc(S(=O)(=O)Nc2cccc(Br)c2)cc1C(=O)N1CCCC1.